The summed E-state index contributed by atoms with van der Waals surface area (Å²) in [6.45, 7) is 0.612. The minimum atomic E-state index is -0.401. The average Bonchev–Trinajstić information content (AvgIpc) is 2.74. The summed E-state index contributed by atoms with van der Waals surface area (Å²) in [5.74, 6) is -0.624. The molecule has 8 heteroatoms. The first-order valence-electron chi connectivity index (χ1n) is 8.82. The van der Waals surface area contributed by atoms with Crippen molar-refractivity contribution in [2.45, 2.75) is 13.1 Å². The largest absolute Gasteiger partial charge is 0.343 e. The quantitative estimate of drug-likeness (QED) is 0.621. The molecule has 148 valence electrons. The van der Waals surface area contributed by atoms with Crippen LogP contribution in [-0.2, 0) is 17.9 Å². The standard InChI is InChI=1S/C21H18Cl2N4O2/c22-18-4-3-17(10-19(18)23)21(29)26-12-20(28)27(13-15-5-8-24-9-6-15)14-16-2-1-7-25-11-16/h1-11H,12-14H2,(H,26,29). The molecule has 3 rings (SSSR count). The zero-order valence-electron chi connectivity index (χ0n) is 15.4. The summed E-state index contributed by atoms with van der Waals surface area (Å²) in [5.41, 5.74) is 2.17. The van der Waals surface area contributed by atoms with E-state index in [1.165, 1.54) is 6.07 Å². The molecule has 2 heterocycles. The minimum Gasteiger partial charge on any atom is -0.343 e. The van der Waals surface area contributed by atoms with Gasteiger partial charge in [-0.05, 0) is 47.5 Å². The topological polar surface area (TPSA) is 75.2 Å². The predicted octanol–water partition coefficient (Wildman–Crippen LogP) is 3.74. The smallest absolute Gasteiger partial charge is 0.251 e. The van der Waals surface area contributed by atoms with E-state index in [9.17, 15) is 9.59 Å². The van der Waals surface area contributed by atoms with E-state index < -0.39 is 5.91 Å². The fraction of sp³-hybridized carbons (Fsp3) is 0.143. The highest BCUT2D eigenvalue weighted by Gasteiger charge is 2.17. The zero-order chi connectivity index (χ0) is 20.6. The fourth-order valence-corrected chi connectivity index (χ4v) is 2.96. The van der Waals surface area contributed by atoms with Crippen LogP contribution in [0.3, 0.4) is 0 Å². The lowest BCUT2D eigenvalue weighted by molar-refractivity contribution is -0.131. The maximum Gasteiger partial charge on any atom is 0.251 e. The molecular weight excluding hydrogens is 411 g/mol. The van der Waals surface area contributed by atoms with E-state index in [4.69, 9.17) is 23.2 Å². The summed E-state index contributed by atoms with van der Waals surface area (Å²) >= 11 is 11.8. The van der Waals surface area contributed by atoms with Crippen molar-refractivity contribution >= 4 is 35.0 Å². The number of pyridine rings is 2. The van der Waals surface area contributed by atoms with E-state index in [0.29, 0.717) is 23.7 Å². The van der Waals surface area contributed by atoms with Crippen molar-refractivity contribution in [3.05, 3.63) is 94.0 Å². The number of nitrogens with zero attached hydrogens (tertiary/aromatic N) is 3. The van der Waals surface area contributed by atoms with E-state index in [0.717, 1.165) is 11.1 Å². The molecule has 0 spiro atoms. The SMILES string of the molecule is O=C(NCC(=O)N(Cc1ccncc1)Cc1cccnc1)c1ccc(Cl)c(Cl)c1. The molecule has 0 saturated carbocycles. The Kier molecular flexibility index (Phi) is 7.16. The first-order chi connectivity index (χ1) is 14.0. The molecule has 0 aliphatic carbocycles. The molecule has 2 amide bonds. The monoisotopic (exact) mass is 428 g/mol. The van der Waals surface area contributed by atoms with Crippen LogP contribution in [0.4, 0.5) is 0 Å². The Bertz CT molecular complexity index is 943. The number of aromatic nitrogens is 2. The average molecular weight is 429 g/mol. The van der Waals surface area contributed by atoms with Crippen molar-refractivity contribution in [2.24, 2.45) is 0 Å². The third-order valence-corrected chi connectivity index (χ3v) is 4.89. The highest BCUT2D eigenvalue weighted by molar-refractivity contribution is 6.42. The molecule has 29 heavy (non-hydrogen) atoms. The Morgan fingerprint density at radius 2 is 1.66 bits per heavy atom. The van der Waals surface area contributed by atoms with Gasteiger partial charge in [0.25, 0.3) is 5.91 Å². The third-order valence-electron chi connectivity index (χ3n) is 4.15. The first kappa shape index (κ1) is 20.8. The lowest BCUT2D eigenvalue weighted by Gasteiger charge is -2.23. The predicted molar refractivity (Wildman–Crippen MR) is 112 cm³/mol. The molecule has 0 saturated heterocycles. The van der Waals surface area contributed by atoms with E-state index in [-0.39, 0.29) is 17.5 Å². The Labute approximate surface area is 178 Å². The van der Waals surface area contributed by atoms with Gasteiger partial charge in [0, 0.05) is 43.4 Å². The van der Waals surface area contributed by atoms with Crippen LogP contribution in [0.2, 0.25) is 10.0 Å². The van der Waals surface area contributed by atoms with Crippen molar-refractivity contribution in [3.8, 4) is 0 Å². The van der Waals surface area contributed by atoms with Gasteiger partial charge in [0.1, 0.15) is 0 Å². The molecule has 1 aromatic carbocycles. The van der Waals surface area contributed by atoms with Crippen LogP contribution in [0.5, 0.6) is 0 Å². The Morgan fingerprint density at radius 3 is 2.34 bits per heavy atom. The summed E-state index contributed by atoms with van der Waals surface area (Å²) in [6, 6.07) is 12.0. The van der Waals surface area contributed by atoms with Gasteiger partial charge in [-0.25, -0.2) is 0 Å². The first-order valence-corrected chi connectivity index (χ1v) is 9.57. The van der Waals surface area contributed by atoms with Crippen LogP contribution in [0.15, 0.2) is 67.3 Å². The second-order valence-electron chi connectivity index (χ2n) is 6.28. The lowest BCUT2D eigenvalue weighted by atomic mass is 10.2. The Hall–Kier alpha value is -2.96. The van der Waals surface area contributed by atoms with Gasteiger partial charge in [-0.3, -0.25) is 19.6 Å². The van der Waals surface area contributed by atoms with E-state index >= 15 is 0 Å². The highest BCUT2D eigenvalue weighted by atomic mass is 35.5. The maximum atomic E-state index is 12.8. The normalized spacial score (nSPS) is 10.4. The van der Waals surface area contributed by atoms with Crippen LogP contribution in [0.25, 0.3) is 0 Å². The van der Waals surface area contributed by atoms with Crippen molar-refractivity contribution in [2.75, 3.05) is 6.54 Å². The number of rotatable bonds is 7. The van der Waals surface area contributed by atoms with E-state index in [1.807, 2.05) is 24.3 Å². The van der Waals surface area contributed by atoms with Gasteiger partial charge in [0.2, 0.25) is 5.91 Å². The summed E-state index contributed by atoms with van der Waals surface area (Å²) in [4.78, 5) is 34.9. The second kappa shape index (κ2) is 10.0. The number of nitrogens with one attached hydrogen (secondary N) is 1. The lowest BCUT2D eigenvalue weighted by Crippen LogP contribution is -2.39. The van der Waals surface area contributed by atoms with Gasteiger partial charge in [0.15, 0.2) is 0 Å². The molecule has 0 fully saturated rings. The molecule has 0 atom stereocenters. The van der Waals surface area contributed by atoms with Crippen molar-refractivity contribution in [1.82, 2.24) is 20.2 Å². The number of carbonyl (C=O) groups excluding carboxylic acids is 2. The molecule has 1 N–H and O–H groups in total. The summed E-state index contributed by atoms with van der Waals surface area (Å²) in [5, 5.41) is 3.28. The molecule has 2 aromatic heterocycles. The molecule has 0 aliphatic rings. The van der Waals surface area contributed by atoms with Gasteiger partial charge in [0.05, 0.1) is 16.6 Å². The molecule has 0 radical (unpaired) electrons. The van der Waals surface area contributed by atoms with Gasteiger partial charge in [-0.1, -0.05) is 29.3 Å². The molecule has 0 aliphatic heterocycles. The Morgan fingerprint density at radius 1 is 0.897 bits per heavy atom. The number of hydrogen-bond donors (Lipinski definition) is 1. The third kappa shape index (κ3) is 6.01. The van der Waals surface area contributed by atoms with Gasteiger partial charge < -0.3 is 10.2 Å². The summed E-state index contributed by atoms with van der Waals surface area (Å²) in [7, 11) is 0. The highest BCUT2D eigenvalue weighted by Crippen LogP contribution is 2.22. The number of halogens is 2. The van der Waals surface area contributed by atoms with Crippen molar-refractivity contribution < 1.29 is 9.59 Å². The summed E-state index contributed by atoms with van der Waals surface area (Å²) < 4.78 is 0. The van der Waals surface area contributed by atoms with Gasteiger partial charge >= 0.3 is 0 Å². The molecule has 0 unspecified atom stereocenters. The molecular formula is C21H18Cl2N4O2. The van der Waals surface area contributed by atoms with Crippen LogP contribution < -0.4 is 5.32 Å². The van der Waals surface area contributed by atoms with Gasteiger partial charge in [-0.15, -0.1) is 0 Å². The second-order valence-corrected chi connectivity index (χ2v) is 7.09. The van der Waals surface area contributed by atoms with Crippen LogP contribution in [0.1, 0.15) is 21.5 Å². The maximum absolute atomic E-state index is 12.8. The number of hydrogen-bond acceptors (Lipinski definition) is 4. The number of carbonyl (C=O) groups is 2. The molecule has 3 aromatic rings. The van der Waals surface area contributed by atoms with Crippen molar-refractivity contribution in [3.63, 3.8) is 0 Å². The summed E-state index contributed by atoms with van der Waals surface area (Å²) in [6.07, 6.45) is 6.74. The number of amides is 2. The van der Waals surface area contributed by atoms with Crippen LogP contribution >= 0.6 is 23.2 Å². The van der Waals surface area contributed by atoms with Crippen molar-refractivity contribution in [1.29, 1.82) is 0 Å². The Balaban J connectivity index is 1.68. The number of benzene rings is 1. The minimum absolute atomic E-state index is 0.148. The zero-order valence-corrected chi connectivity index (χ0v) is 16.9. The molecule has 0 bridgehead atoms. The van der Waals surface area contributed by atoms with Gasteiger partial charge in [-0.2, -0.15) is 0 Å². The molecule has 6 nitrogen and oxygen atoms in total. The van der Waals surface area contributed by atoms with Crippen LogP contribution in [0, 0.1) is 0 Å². The van der Waals surface area contributed by atoms with E-state index in [1.54, 1.807) is 41.8 Å². The van der Waals surface area contributed by atoms with Crippen LogP contribution in [-0.4, -0.2) is 33.2 Å². The fourth-order valence-electron chi connectivity index (χ4n) is 2.66. The van der Waals surface area contributed by atoms with E-state index in [2.05, 4.69) is 15.3 Å².